The molecule has 1 aromatic carbocycles. The van der Waals surface area contributed by atoms with Crippen molar-refractivity contribution in [3.05, 3.63) is 29.8 Å². The van der Waals surface area contributed by atoms with Gasteiger partial charge in [-0.15, -0.1) is 0 Å². The molecular formula is C13H20N2O4. The van der Waals surface area contributed by atoms with Crippen molar-refractivity contribution in [2.24, 2.45) is 5.73 Å². The molecule has 2 atom stereocenters. The summed E-state index contributed by atoms with van der Waals surface area (Å²) in [6, 6.07) is 5.81. The van der Waals surface area contributed by atoms with Crippen molar-refractivity contribution in [2.75, 3.05) is 20.3 Å². The van der Waals surface area contributed by atoms with Gasteiger partial charge >= 0.3 is 0 Å². The fourth-order valence-corrected chi connectivity index (χ4v) is 1.58. The molecule has 1 unspecified atom stereocenters. The van der Waals surface area contributed by atoms with E-state index in [1.807, 2.05) is 0 Å². The van der Waals surface area contributed by atoms with Crippen LogP contribution in [0.3, 0.4) is 0 Å². The molecule has 106 valence electrons. The number of nitrogens with one attached hydrogen (secondary N) is 1. The van der Waals surface area contributed by atoms with Gasteiger partial charge in [0.1, 0.15) is 5.75 Å². The Hall–Kier alpha value is -1.63. The number of rotatable bonds is 7. The summed E-state index contributed by atoms with van der Waals surface area (Å²) >= 11 is 0. The Bertz CT molecular complexity index is 394. The standard InChI is InChI=1S/C13H20N2O4/c1-19-8-11(17)7-15-13(18)12(14)6-9-2-4-10(16)5-3-9/h2-5,11-12,16-17H,6-8,14H2,1H3,(H,15,18)/t11?,12-/m0/s1. The summed E-state index contributed by atoms with van der Waals surface area (Å²) in [4.78, 5) is 11.7. The molecule has 0 heterocycles. The predicted molar refractivity (Wildman–Crippen MR) is 70.7 cm³/mol. The molecule has 19 heavy (non-hydrogen) atoms. The van der Waals surface area contributed by atoms with Crippen molar-refractivity contribution < 1.29 is 19.7 Å². The average molecular weight is 268 g/mol. The Morgan fingerprint density at radius 1 is 1.42 bits per heavy atom. The normalized spacial score (nSPS) is 13.8. The average Bonchev–Trinajstić information content (AvgIpc) is 2.39. The van der Waals surface area contributed by atoms with Crippen LogP contribution in [0.15, 0.2) is 24.3 Å². The Morgan fingerprint density at radius 3 is 2.63 bits per heavy atom. The van der Waals surface area contributed by atoms with Gasteiger partial charge in [-0.05, 0) is 24.1 Å². The van der Waals surface area contributed by atoms with E-state index in [1.165, 1.54) is 7.11 Å². The molecule has 0 aromatic heterocycles. The Morgan fingerprint density at radius 2 is 2.05 bits per heavy atom. The number of hydrogen-bond donors (Lipinski definition) is 4. The molecule has 0 fully saturated rings. The van der Waals surface area contributed by atoms with Gasteiger partial charge in [0.2, 0.25) is 5.91 Å². The van der Waals surface area contributed by atoms with E-state index in [1.54, 1.807) is 24.3 Å². The van der Waals surface area contributed by atoms with Crippen LogP contribution in [0.1, 0.15) is 5.56 Å². The first-order valence-electron chi connectivity index (χ1n) is 6.01. The minimum Gasteiger partial charge on any atom is -0.508 e. The molecule has 0 spiro atoms. The maximum Gasteiger partial charge on any atom is 0.237 e. The first-order valence-corrected chi connectivity index (χ1v) is 6.01. The highest BCUT2D eigenvalue weighted by Crippen LogP contribution is 2.10. The van der Waals surface area contributed by atoms with Crippen LogP contribution in [-0.4, -0.2) is 48.5 Å². The van der Waals surface area contributed by atoms with Crippen molar-refractivity contribution in [1.82, 2.24) is 5.32 Å². The lowest BCUT2D eigenvalue weighted by atomic mass is 10.1. The molecule has 6 nitrogen and oxygen atoms in total. The number of aliphatic hydroxyl groups is 1. The number of amides is 1. The molecule has 1 aromatic rings. The Labute approximate surface area is 112 Å². The number of hydrogen-bond acceptors (Lipinski definition) is 5. The summed E-state index contributed by atoms with van der Waals surface area (Å²) in [6.07, 6.45) is -0.373. The van der Waals surface area contributed by atoms with Gasteiger partial charge in [0.25, 0.3) is 0 Å². The number of ether oxygens (including phenoxy) is 1. The Balaban J connectivity index is 2.38. The third kappa shape index (κ3) is 5.69. The van der Waals surface area contributed by atoms with E-state index in [2.05, 4.69) is 5.32 Å². The van der Waals surface area contributed by atoms with Crippen LogP contribution in [0.5, 0.6) is 5.75 Å². The minimum atomic E-state index is -0.741. The van der Waals surface area contributed by atoms with E-state index in [0.717, 1.165) is 5.56 Å². The van der Waals surface area contributed by atoms with Crippen molar-refractivity contribution in [3.63, 3.8) is 0 Å². The van der Waals surface area contributed by atoms with E-state index < -0.39 is 12.1 Å². The third-order valence-electron chi connectivity index (χ3n) is 2.60. The van der Waals surface area contributed by atoms with Gasteiger partial charge in [-0.1, -0.05) is 12.1 Å². The van der Waals surface area contributed by atoms with Crippen molar-refractivity contribution in [1.29, 1.82) is 0 Å². The summed E-state index contributed by atoms with van der Waals surface area (Å²) < 4.78 is 4.75. The largest absolute Gasteiger partial charge is 0.508 e. The molecule has 0 saturated carbocycles. The fourth-order valence-electron chi connectivity index (χ4n) is 1.58. The smallest absolute Gasteiger partial charge is 0.237 e. The van der Waals surface area contributed by atoms with Crippen LogP contribution in [0.2, 0.25) is 0 Å². The molecule has 0 aliphatic rings. The monoisotopic (exact) mass is 268 g/mol. The zero-order chi connectivity index (χ0) is 14.3. The van der Waals surface area contributed by atoms with E-state index in [-0.39, 0.29) is 24.8 Å². The van der Waals surface area contributed by atoms with Crippen LogP contribution >= 0.6 is 0 Å². The minimum absolute atomic E-state index is 0.107. The predicted octanol–water partition coefficient (Wildman–Crippen LogP) is -0.614. The summed E-state index contributed by atoms with van der Waals surface area (Å²) in [6.45, 7) is 0.267. The zero-order valence-electron chi connectivity index (χ0n) is 10.9. The maximum atomic E-state index is 11.7. The fraction of sp³-hybridized carbons (Fsp3) is 0.462. The van der Waals surface area contributed by atoms with Crippen LogP contribution in [0.4, 0.5) is 0 Å². The number of benzene rings is 1. The first-order chi connectivity index (χ1) is 9.02. The number of carbonyl (C=O) groups excluding carboxylic acids is 1. The van der Waals surface area contributed by atoms with Gasteiger partial charge in [-0.2, -0.15) is 0 Å². The van der Waals surface area contributed by atoms with Crippen LogP contribution in [0.25, 0.3) is 0 Å². The quantitative estimate of drug-likeness (QED) is 0.528. The molecule has 0 bridgehead atoms. The number of methoxy groups -OCH3 is 1. The zero-order valence-corrected chi connectivity index (χ0v) is 10.9. The number of nitrogens with two attached hydrogens (primary N) is 1. The molecule has 0 radical (unpaired) electrons. The summed E-state index contributed by atoms with van der Waals surface area (Å²) in [5, 5.41) is 21.1. The van der Waals surface area contributed by atoms with Crippen LogP contribution in [0, 0.1) is 0 Å². The number of phenolic OH excluding ortho intramolecular Hbond substituents is 1. The highest BCUT2D eigenvalue weighted by atomic mass is 16.5. The lowest BCUT2D eigenvalue weighted by Gasteiger charge is -2.15. The second-order valence-electron chi connectivity index (χ2n) is 4.33. The van der Waals surface area contributed by atoms with E-state index in [4.69, 9.17) is 15.6 Å². The highest BCUT2D eigenvalue weighted by molar-refractivity contribution is 5.81. The summed E-state index contributed by atoms with van der Waals surface area (Å²) in [5.74, 6) is -0.160. The first kappa shape index (κ1) is 15.4. The van der Waals surface area contributed by atoms with E-state index >= 15 is 0 Å². The second-order valence-corrected chi connectivity index (χ2v) is 4.33. The molecule has 0 aliphatic heterocycles. The molecular weight excluding hydrogens is 248 g/mol. The molecule has 0 saturated heterocycles. The van der Waals surface area contributed by atoms with Gasteiger partial charge in [-0.25, -0.2) is 0 Å². The number of phenols is 1. The topological polar surface area (TPSA) is 105 Å². The molecule has 6 heteroatoms. The van der Waals surface area contributed by atoms with E-state index in [9.17, 15) is 9.90 Å². The molecule has 5 N–H and O–H groups in total. The van der Waals surface area contributed by atoms with Gasteiger partial charge in [0.15, 0.2) is 0 Å². The number of aromatic hydroxyl groups is 1. The summed E-state index contributed by atoms with van der Waals surface area (Å²) in [5.41, 5.74) is 6.62. The lowest BCUT2D eigenvalue weighted by molar-refractivity contribution is -0.122. The van der Waals surface area contributed by atoms with Crippen LogP contribution < -0.4 is 11.1 Å². The SMILES string of the molecule is COCC(O)CNC(=O)[C@@H](N)Cc1ccc(O)cc1. The summed E-state index contributed by atoms with van der Waals surface area (Å²) in [7, 11) is 1.47. The molecule has 1 rings (SSSR count). The lowest BCUT2D eigenvalue weighted by Crippen LogP contribution is -2.45. The van der Waals surface area contributed by atoms with Gasteiger partial charge in [0, 0.05) is 13.7 Å². The van der Waals surface area contributed by atoms with E-state index in [0.29, 0.717) is 6.42 Å². The second kappa shape index (κ2) is 7.73. The van der Waals surface area contributed by atoms with Crippen LogP contribution in [-0.2, 0) is 16.0 Å². The van der Waals surface area contributed by atoms with Gasteiger partial charge < -0.3 is 26.0 Å². The van der Waals surface area contributed by atoms with Crippen molar-refractivity contribution in [3.8, 4) is 5.75 Å². The van der Waals surface area contributed by atoms with Gasteiger partial charge in [-0.3, -0.25) is 4.79 Å². The third-order valence-corrected chi connectivity index (χ3v) is 2.60. The number of carbonyl (C=O) groups is 1. The van der Waals surface area contributed by atoms with Crippen molar-refractivity contribution in [2.45, 2.75) is 18.6 Å². The maximum absolute atomic E-state index is 11.7. The van der Waals surface area contributed by atoms with Gasteiger partial charge in [0.05, 0.1) is 18.8 Å². The number of aliphatic hydroxyl groups excluding tert-OH is 1. The Kier molecular flexibility index (Phi) is 6.27. The highest BCUT2D eigenvalue weighted by Gasteiger charge is 2.15. The molecule has 0 aliphatic carbocycles. The molecule has 1 amide bonds. The van der Waals surface area contributed by atoms with Crippen molar-refractivity contribution >= 4 is 5.91 Å².